The third-order valence-corrected chi connectivity index (χ3v) is 4.36. The molecule has 0 aliphatic carbocycles. The van der Waals surface area contributed by atoms with Gasteiger partial charge in [0, 0.05) is 5.02 Å². The molecule has 1 N–H and O–H groups in total. The van der Waals surface area contributed by atoms with Gasteiger partial charge in [0.2, 0.25) is 0 Å². The number of hydrogen-bond donors (Lipinski definition) is 1. The van der Waals surface area contributed by atoms with E-state index in [1.807, 2.05) is 32.0 Å². The first-order valence-electron chi connectivity index (χ1n) is 8.06. The molecule has 0 saturated carbocycles. The third-order valence-electron chi connectivity index (χ3n) is 3.54. The Balaban J connectivity index is 1.77. The van der Waals surface area contributed by atoms with Crippen molar-refractivity contribution in [3.63, 3.8) is 0 Å². The van der Waals surface area contributed by atoms with Crippen molar-refractivity contribution in [1.29, 1.82) is 0 Å². The van der Waals surface area contributed by atoms with Crippen molar-refractivity contribution in [3.05, 3.63) is 56.5 Å². The van der Waals surface area contributed by atoms with Crippen LogP contribution in [0.4, 0.5) is 5.69 Å². The number of amides is 1. The van der Waals surface area contributed by atoms with Crippen LogP contribution in [-0.4, -0.2) is 25.1 Å². The molecule has 0 aliphatic rings. The molecule has 144 valence electrons. The van der Waals surface area contributed by atoms with E-state index in [0.717, 1.165) is 11.1 Å². The molecule has 8 heteroatoms. The van der Waals surface area contributed by atoms with E-state index >= 15 is 0 Å². The molecule has 0 unspecified atom stereocenters. The molecule has 27 heavy (non-hydrogen) atoms. The Morgan fingerprint density at radius 3 is 2.37 bits per heavy atom. The Hall–Kier alpha value is -1.95. The fourth-order valence-corrected chi connectivity index (χ4v) is 3.07. The molecule has 2 aromatic rings. The number of aryl methyl sites for hydroxylation is 2. The molecular weight excluding hydrogens is 413 g/mol. The quantitative estimate of drug-likeness (QED) is 0.612. The van der Waals surface area contributed by atoms with E-state index in [2.05, 4.69) is 5.32 Å². The smallest absolute Gasteiger partial charge is 0.309 e. The highest BCUT2D eigenvalue weighted by Gasteiger charge is 2.13. The van der Waals surface area contributed by atoms with Crippen LogP contribution in [-0.2, 0) is 14.3 Å². The van der Waals surface area contributed by atoms with Crippen LogP contribution in [0, 0.1) is 13.8 Å². The minimum atomic E-state index is -0.565. The lowest BCUT2D eigenvalue weighted by Crippen LogP contribution is -2.22. The van der Waals surface area contributed by atoms with Crippen LogP contribution in [0.15, 0.2) is 30.3 Å². The van der Waals surface area contributed by atoms with Crippen molar-refractivity contribution < 1.29 is 19.1 Å². The lowest BCUT2D eigenvalue weighted by atomic mass is 10.1. The number of halogens is 3. The molecule has 2 rings (SSSR count). The normalized spacial score (nSPS) is 10.4. The highest BCUT2D eigenvalue weighted by atomic mass is 35.5. The van der Waals surface area contributed by atoms with Gasteiger partial charge < -0.3 is 14.8 Å². The highest BCUT2D eigenvalue weighted by Crippen LogP contribution is 2.33. The first-order chi connectivity index (χ1) is 12.8. The van der Waals surface area contributed by atoms with Crippen LogP contribution < -0.4 is 10.1 Å². The van der Waals surface area contributed by atoms with Crippen LogP contribution in [0.1, 0.15) is 17.5 Å². The Morgan fingerprint density at radius 1 is 1.04 bits per heavy atom. The molecule has 0 radical (unpaired) electrons. The Labute approximate surface area is 172 Å². The third kappa shape index (κ3) is 6.61. The van der Waals surface area contributed by atoms with E-state index in [9.17, 15) is 9.59 Å². The summed E-state index contributed by atoms with van der Waals surface area (Å²) < 4.78 is 10.5. The molecular formula is C19H18Cl3NO4. The minimum absolute atomic E-state index is 0.0170. The van der Waals surface area contributed by atoms with Crippen molar-refractivity contribution >= 4 is 52.4 Å². The number of esters is 1. The second kappa shape index (κ2) is 9.83. The van der Waals surface area contributed by atoms with Gasteiger partial charge >= 0.3 is 5.97 Å². The van der Waals surface area contributed by atoms with Crippen LogP contribution in [0.5, 0.6) is 5.75 Å². The van der Waals surface area contributed by atoms with E-state index in [0.29, 0.717) is 10.8 Å². The van der Waals surface area contributed by atoms with Crippen molar-refractivity contribution in [1.82, 2.24) is 0 Å². The van der Waals surface area contributed by atoms with Crippen LogP contribution >= 0.6 is 34.8 Å². The zero-order chi connectivity index (χ0) is 20.0. The van der Waals surface area contributed by atoms with Crippen LogP contribution in [0.25, 0.3) is 0 Å². The summed E-state index contributed by atoms with van der Waals surface area (Å²) in [6.45, 7) is 3.57. The fraction of sp³-hybridized carbons (Fsp3) is 0.263. The lowest BCUT2D eigenvalue weighted by Gasteiger charge is -2.11. The van der Waals surface area contributed by atoms with Gasteiger partial charge in [-0.3, -0.25) is 9.59 Å². The van der Waals surface area contributed by atoms with Crippen molar-refractivity contribution in [2.75, 3.05) is 18.5 Å². The van der Waals surface area contributed by atoms with Crippen LogP contribution in [0.3, 0.4) is 0 Å². The summed E-state index contributed by atoms with van der Waals surface area (Å²) in [5.74, 6) is -0.402. The topological polar surface area (TPSA) is 64.6 Å². The molecule has 0 bridgehead atoms. The number of anilines is 1. The molecule has 0 atom stereocenters. The number of benzene rings is 2. The summed E-state index contributed by atoms with van der Waals surface area (Å²) in [7, 11) is 0. The Bertz CT molecular complexity index is 832. The summed E-state index contributed by atoms with van der Waals surface area (Å²) in [5, 5.41) is 3.21. The largest absolute Gasteiger partial charge is 0.493 e. The van der Waals surface area contributed by atoms with E-state index in [-0.39, 0.29) is 28.8 Å². The SMILES string of the molecule is Cc1ccc(C)c(OCCC(=O)OCC(=O)Nc2c(Cl)cc(Cl)cc2Cl)c1. The fourth-order valence-electron chi connectivity index (χ4n) is 2.16. The zero-order valence-corrected chi connectivity index (χ0v) is 17.0. The predicted octanol–water partition coefficient (Wildman–Crippen LogP) is 5.21. The summed E-state index contributed by atoms with van der Waals surface area (Å²) in [5.41, 5.74) is 2.25. The first kappa shape index (κ1) is 21.4. The second-order valence-corrected chi connectivity index (χ2v) is 7.07. The van der Waals surface area contributed by atoms with Crippen molar-refractivity contribution in [2.45, 2.75) is 20.3 Å². The van der Waals surface area contributed by atoms with E-state index in [1.54, 1.807) is 0 Å². The van der Waals surface area contributed by atoms with Gasteiger partial charge in [0.1, 0.15) is 5.75 Å². The van der Waals surface area contributed by atoms with Gasteiger partial charge in [-0.2, -0.15) is 0 Å². The zero-order valence-electron chi connectivity index (χ0n) is 14.8. The molecule has 0 aliphatic heterocycles. The maximum absolute atomic E-state index is 11.9. The predicted molar refractivity (Wildman–Crippen MR) is 107 cm³/mol. The van der Waals surface area contributed by atoms with E-state index in [4.69, 9.17) is 44.3 Å². The standard InChI is InChI=1S/C19H18Cl3NO4/c1-11-3-4-12(2)16(7-11)26-6-5-18(25)27-10-17(24)23-19-14(21)8-13(20)9-15(19)22/h3-4,7-9H,5-6,10H2,1-2H3,(H,23,24). The van der Waals surface area contributed by atoms with Gasteiger partial charge in [0.15, 0.2) is 6.61 Å². The Morgan fingerprint density at radius 2 is 1.70 bits per heavy atom. The Kier molecular flexibility index (Phi) is 7.78. The second-order valence-electron chi connectivity index (χ2n) is 5.82. The van der Waals surface area contributed by atoms with Crippen LogP contribution in [0.2, 0.25) is 15.1 Å². The lowest BCUT2D eigenvalue weighted by molar-refractivity contribution is -0.147. The molecule has 2 aromatic carbocycles. The average molecular weight is 431 g/mol. The first-order valence-corrected chi connectivity index (χ1v) is 9.19. The molecule has 0 spiro atoms. The molecule has 5 nitrogen and oxygen atoms in total. The van der Waals surface area contributed by atoms with E-state index in [1.165, 1.54) is 12.1 Å². The van der Waals surface area contributed by atoms with Gasteiger partial charge in [-0.15, -0.1) is 0 Å². The number of carbonyl (C=O) groups is 2. The van der Waals surface area contributed by atoms with Gasteiger partial charge in [-0.05, 0) is 43.2 Å². The van der Waals surface area contributed by atoms with Gasteiger partial charge in [0.05, 0.1) is 28.8 Å². The highest BCUT2D eigenvalue weighted by molar-refractivity contribution is 6.42. The number of hydrogen-bond acceptors (Lipinski definition) is 4. The summed E-state index contributed by atoms with van der Waals surface area (Å²) >= 11 is 17.8. The molecule has 1 amide bonds. The summed E-state index contributed by atoms with van der Waals surface area (Å²) in [6, 6.07) is 8.71. The minimum Gasteiger partial charge on any atom is -0.493 e. The molecule has 0 fully saturated rings. The maximum atomic E-state index is 11.9. The number of ether oxygens (including phenoxy) is 2. The van der Waals surface area contributed by atoms with Gasteiger partial charge in [-0.25, -0.2) is 0 Å². The van der Waals surface area contributed by atoms with Gasteiger partial charge in [-0.1, -0.05) is 46.9 Å². The number of rotatable bonds is 7. The maximum Gasteiger partial charge on any atom is 0.309 e. The molecule has 0 saturated heterocycles. The average Bonchev–Trinajstić information content (AvgIpc) is 2.59. The summed E-state index contributed by atoms with van der Waals surface area (Å²) in [4.78, 5) is 23.7. The number of carbonyl (C=O) groups excluding carboxylic acids is 2. The van der Waals surface area contributed by atoms with Crippen molar-refractivity contribution in [3.8, 4) is 5.75 Å². The summed E-state index contributed by atoms with van der Waals surface area (Å²) in [6.07, 6.45) is 0.0170. The van der Waals surface area contributed by atoms with Crippen molar-refractivity contribution in [2.24, 2.45) is 0 Å². The van der Waals surface area contributed by atoms with E-state index < -0.39 is 18.5 Å². The number of nitrogens with one attached hydrogen (secondary N) is 1. The van der Waals surface area contributed by atoms with Gasteiger partial charge in [0.25, 0.3) is 5.91 Å². The molecule has 0 heterocycles. The monoisotopic (exact) mass is 429 g/mol. The molecule has 0 aromatic heterocycles.